The normalized spacial score (nSPS) is 10.2. The number of rotatable bonds is 9. The van der Waals surface area contributed by atoms with E-state index in [-0.39, 0.29) is 26.1 Å². The minimum Gasteiger partial charge on any atom is -0.462 e. The molecule has 24 heavy (non-hydrogen) atoms. The number of esters is 3. The molecule has 0 aliphatic heterocycles. The van der Waals surface area contributed by atoms with Crippen molar-refractivity contribution in [3.63, 3.8) is 0 Å². The fourth-order valence-electron chi connectivity index (χ4n) is 1.52. The van der Waals surface area contributed by atoms with E-state index in [4.69, 9.17) is 15.3 Å². The zero-order valence-corrected chi connectivity index (χ0v) is 13.0. The summed E-state index contributed by atoms with van der Waals surface area (Å²) in [4.78, 5) is 33.8. The van der Waals surface area contributed by atoms with Crippen molar-refractivity contribution in [2.45, 2.75) is 12.8 Å². The highest BCUT2D eigenvalue weighted by molar-refractivity contribution is 5.81. The molecule has 0 saturated carbocycles. The Labute approximate surface area is 138 Å². The van der Waals surface area contributed by atoms with Crippen molar-refractivity contribution in [2.75, 3.05) is 13.2 Å². The van der Waals surface area contributed by atoms with E-state index < -0.39 is 17.9 Å². The van der Waals surface area contributed by atoms with Crippen LogP contribution < -0.4 is 10.6 Å². The van der Waals surface area contributed by atoms with Gasteiger partial charge in [-0.3, -0.25) is 9.59 Å². The van der Waals surface area contributed by atoms with Gasteiger partial charge in [-0.2, -0.15) is 5.10 Å². The molecule has 0 fully saturated rings. The largest absolute Gasteiger partial charge is 0.462 e. The van der Waals surface area contributed by atoms with E-state index in [0.717, 1.165) is 11.6 Å². The number of ether oxygens (including phenoxy) is 3. The maximum Gasteiger partial charge on any atom is 0.330 e. The SMILES string of the molecule is C=CC(=O)OCCOC(=O)CCC(=O)Oc1ccc(/C=N/N)cc1. The molecule has 1 aromatic rings. The number of nitrogens with zero attached hydrogens (tertiary/aromatic N) is 1. The summed E-state index contributed by atoms with van der Waals surface area (Å²) in [6.07, 6.45) is 2.20. The van der Waals surface area contributed by atoms with E-state index in [0.29, 0.717) is 5.75 Å². The first-order valence-corrected chi connectivity index (χ1v) is 7.04. The van der Waals surface area contributed by atoms with Crippen molar-refractivity contribution in [2.24, 2.45) is 10.9 Å². The molecule has 0 atom stereocenters. The van der Waals surface area contributed by atoms with Crippen LogP contribution in [0.2, 0.25) is 0 Å². The van der Waals surface area contributed by atoms with Crippen molar-refractivity contribution in [3.8, 4) is 5.75 Å². The highest BCUT2D eigenvalue weighted by Crippen LogP contribution is 2.12. The molecule has 0 aromatic heterocycles. The van der Waals surface area contributed by atoms with Crippen LogP contribution in [0.25, 0.3) is 0 Å². The Kier molecular flexibility index (Phi) is 8.30. The minimum absolute atomic E-state index is 0.0699. The van der Waals surface area contributed by atoms with Gasteiger partial charge in [0.25, 0.3) is 0 Å². The second-order valence-corrected chi connectivity index (χ2v) is 4.41. The molecular formula is C16H18N2O6. The standard InChI is InChI=1S/C16H18N2O6/c1-2-14(19)22-9-10-23-15(20)7-8-16(21)24-13-5-3-12(4-6-13)11-18-17/h2-6,11H,1,7-10,17H2/b18-11+. The molecule has 0 aliphatic rings. The molecule has 0 radical (unpaired) electrons. The van der Waals surface area contributed by atoms with Crippen LogP contribution in [0.4, 0.5) is 0 Å². The zero-order chi connectivity index (χ0) is 17.8. The van der Waals surface area contributed by atoms with Crippen molar-refractivity contribution >= 4 is 24.1 Å². The lowest BCUT2D eigenvalue weighted by atomic mass is 10.2. The summed E-state index contributed by atoms with van der Waals surface area (Å²) in [7, 11) is 0. The zero-order valence-electron chi connectivity index (χ0n) is 13.0. The highest BCUT2D eigenvalue weighted by atomic mass is 16.6. The molecule has 0 bridgehead atoms. The Morgan fingerprint density at radius 3 is 2.29 bits per heavy atom. The lowest BCUT2D eigenvalue weighted by Gasteiger charge is -2.06. The van der Waals surface area contributed by atoms with Gasteiger partial charge in [0.05, 0.1) is 19.1 Å². The Hall–Kier alpha value is -3.16. The fraction of sp³-hybridized carbons (Fsp3) is 0.250. The number of benzene rings is 1. The van der Waals surface area contributed by atoms with Crippen LogP contribution in [-0.4, -0.2) is 37.3 Å². The van der Waals surface area contributed by atoms with Gasteiger partial charge in [0.1, 0.15) is 19.0 Å². The quantitative estimate of drug-likeness (QED) is 0.136. The predicted octanol–water partition coefficient (Wildman–Crippen LogP) is 0.937. The van der Waals surface area contributed by atoms with Gasteiger partial charge in [0.15, 0.2) is 0 Å². The number of hydrogen-bond acceptors (Lipinski definition) is 8. The Morgan fingerprint density at radius 1 is 1.04 bits per heavy atom. The third-order valence-electron chi connectivity index (χ3n) is 2.63. The lowest BCUT2D eigenvalue weighted by Crippen LogP contribution is -2.15. The van der Waals surface area contributed by atoms with Crippen LogP contribution >= 0.6 is 0 Å². The highest BCUT2D eigenvalue weighted by Gasteiger charge is 2.10. The maximum atomic E-state index is 11.6. The molecule has 2 N–H and O–H groups in total. The summed E-state index contributed by atoms with van der Waals surface area (Å²) in [6, 6.07) is 6.53. The molecule has 0 saturated heterocycles. The molecule has 0 heterocycles. The number of hydrazone groups is 1. The van der Waals surface area contributed by atoms with Gasteiger partial charge in [-0.15, -0.1) is 0 Å². The van der Waals surface area contributed by atoms with Crippen LogP contribution in [0.1, 0.15) is 18.4 Å². The molecule has 1 rings (SSSR count). The van der Waals surface area contributed by atoms with Gasteiger partial charge < -0.3 is 20.1 Å². The van der Waals surface area contributed by atoms with Crippen molar-refractivity contribution in [1.82, 2.24) is 0 Å². The molecule has 8 heteroatoms. The first kappa shape index (κ1) is 18.9. The molecule has 0 amide bonds. The minimum atomic E-state index is -0.599. The summed E-state index contributed by atoms with van der Waals surface area (Å²) in [6.45, 7) is 3.07. The van der Waals surface area contributed by atoms with Crippen LogP contribution in [-0.2, 0) is 23.9 Å². The summed E-state index contributed by atoms with van der Waals surface area (Å²) in [5, 5.41) is 3.37. The molecule has 128 valence electrons. The molecule has 0 spiro atoms. The van der Waals surface area contributed by atoms with Gasteiger partial charge in [-0.1, -0.05) is 6.58 Å². The summed E-state index contributed by atoms with van der Waals surface area (Å²) in [5.74, 6) is 3.62. The first-order valence-electron chi connectivity index (χ1n) is 7.04. The second kappa shape index (κ2) is 10.5. The number of nitrogens with two attached hydrogens (primary N) is 1. The number of carbonyl (C=O) groups is 3. The van der Waals surface area contributed by atoms with E-state index in [9.17, 15) is 14.4 Å². The smallest absolute Gasteiger partial charge is 0.330 e. The van der Waals surface area contributed by atoms with Crippen LogP contribution in [0.5, 0.6) is 5.75 Å². The van der Waals surface area contributed by atoms with E-state index in [2.05, 4.69) is 16.4 Å². The van der Waals surface area contributed by atoms with Gasteiger partial charge in [-0.05, 0) is 29.8 Å². The average Bonchev–Trinajstić information content (AvgIpc) is 2.58. The Morgan fingerprint density at radius 2 is 1.67 bits per heavy atom. The van der Waals surface area contributed by atoms with Crippen LogP contribution in [0.15, 0.2) is 42.0 Å². The molecule has 0 unspecified atom stereocenters. The van der Waals surface area contributed by atoms with Crippen molar-refractivity contribution < 1.29 is 28.6 Å². The summed E-state index contributed by atoms with van der Waals surface area (Å²) < 4.78 is 14.5. The monoisotopic (exact) mass is 334 g/mol. The van der Waals surface area contributed by atoms with E-state index in [1.165, 1.54) is 6.21 Å². The molecule has 0 aliphatic carbocycles. The Bertz CT molecular complexity index is 609. The average molecular weight is 334 g/mol. The van der Waals surface area contributed by atoms with E-state index >= 15 is 0 Å². The van der Waals surface area contributed by atoms with Gasteiger partial charge >= 0.3 is 17.9 Å². The summed E-state index contributed by atoms with van der Waals surface area (Å²) in [5.41, 5.74) is 0.762. The van der Waals surface area contributed by atoms with Gasteiger partial charge in [-0.25, -0.2) is 4.79 Å². The second-order valence-electron chi connectivity index (χ2n) is 4.41. The molecular weight excluding hydrogens is 316 g/mol. The fourth-order valence-corrected chi connectivity index (χ4v) is 1.52. The van der Waals surface area contributed by atoms with Crippen LogP contribution in [0.3, 0.4) is 0 Å². The molecule has 8 nitrogen and oxygen atoms in total. The van der Waals surface area contributed by atoms with Crippen molar-refractivity contribution in [1.29, 1.82) is 0 Å². The Balaban J connectivity index is 2.24. The molecule has 1 aromatic carbocycles. The number of hydrogen-bond donors (Lipinski definition) is 1. The topological polar surface area (TPSA) is 117 Å². The summed E-state index contributed by atoms with van der Waals surface area (Å²) >= 11 is 0. The predicted molar refractivity (Wildman–Crippen MR) is 85.2 cm³/mol. The third-order valence-corrected chi connectivity index (χ3v) is 2.63. The van der Waals surface area contributed by atoms with E-state index in [1.54, 1.807) is 24.3 Å². The van der Waals surface area contributed by atoms with E-state index in [1.807, 2.05) is 0 Å². The van der Waals surface area contributed by atoms with Crippen LogP contribution in [0, 0.1) is 0 Å². The first-order chi connectivity index (χ1) is 11.5. The van der Waals surface area contributed by atoms with Gasteiger partial charge in [0, 0.05) is 6.08 Å². The van der Waals surface area contributed by atoms with Crippen molar-refractivity contribution in [3.05, 3.63) is 42.5 Å². The van der Waals surface area contributed by atoms with Gasteiger partial charge in [0.2, 0.25) is 0 Å². The third kappa shape index (κ3) is 7.74. The lowest BCUT2D eigenvalue weighted by molar-refractivity contribution is -0.151. The number of carbonyl (C=O) groups excluding carboxylic acids is 3. The maximum absolute atomic E-state index is 11.6.